The first-order chi connectivity index (χ1) is 9.25. The molecular weight excluding hydrogens is 344 g/mol. The number of nitrogens with zero attached hydrogens (tertiary/aromatic N) is 2. The van der Waals surface area contributed by atoms with Crippen molar-refractivity contribution in [2.24, 2.45) is 0 Å². The molecule has 2 rings (SSSR count). The van der Waals surface area contributed by atoms with E-state index in [-0.39, 0.29) is 11.8 Å². The average molecular weight is 360 g/mol. The molecule has 0 saturated carbocycles. The van der Waals surface area contributed by atoms with Crippen LogP contribution in [0, 0.1) is 0 Å². The van der Waals surface area contributed by atoms with Crippen molar-refractivity contribution in [3.8, 4) is 0 Å². The minimum Gasteiger partial charge on any atom is -0.342 e. The second kappa shape index (κ2) is 5.37. The second-order valence-corrected chi connectivity index (χ2v) is 6.66. The van der Waals surface area contributed by atoms with Crippen LogP contribution in [0.15, 0.2) is 22.7 Å². The van der Waals surface area contributed by atoms with Crippen molar-refractivity contribution in [3.63, 3.8) is 0 Å². The number of likely N-dealkylation sites (N-methyl/N-ethyl adjacent to an activating group) is 1. The molecule has 0 aromatic heterocycles. The van der Waals surface area contributed by atoms with E-state index in [1.807, 2.05) is 0 Å². The highest BCUT2D eigenvalue weighted by molar-refractivity contribution is 9.10. The first-order valence-corrected chi connectivity index (χ1v) is 7.45. The number of piperazine rings is 1. The Morgan fingerprint density at radius 3 is 2.65 bits per heavy atom. The summed E-state index contributed by atoms with van der Waals surface area (Å²) in [5.41, 5.74) is -0.380. The molecule has 1 aliphatic heterocycles. The van der Waals surface area contributed by atoms with Crippen LogP contribution in [0.2, 0.25) is 5.02 Å². The van der Waals surface area contributed by atoms with Crippen molar-refractivity contribution in [2.75, 3.05) is 20.1 Å². The van der Waals surface area contributed by atoms with E-state index in [2.05, 4.69) is 15.9 Å². The topological polar surface area (TPSA) is 40.6 Å². The van der Waals surface area contributed by atoms with Gasteiger partial charge >= 0.3 is 0 Å². The Kier molecular flexibility index (Phi) is 4.12. The summed E-state index contributed by atoms with van der Waals surface area (Å²) in [6.07, 6.45) is 0. The Hall–Kier alpha value is -1.07. The lowest BCUT2D eigenvalue weighted by Crippen LogP contribution is -2.63. The van der Waals surface area contributed by atoms with Gasteiger partial charge < -0.3 is 9.80 Å². The van der Waals surface area contributed by atoms with Crippen molar-refractivity contribution in [1.29, 1.82) is 0 Å². The van der Waals surface area contributed by atoms with E-state index in [1.165, 1.54) is 0 Å². The van der Waals surface area contributed by atoms with Crippen LogP contribution < -0.4 is 0 Å². The normalized spacial score (nSPS) is 18.4. The number of rotatable bonds is 1. The van der Waals surface area contributed by atoms with Crippen LogP contribution in [-0.2, 0) is 4.79 Å². The van der Waals surface area contributed by atoms with E-state index < -0.39 is 5.54 Å². The number of amides is 2. The molecule has 0 radical (unpaired) electrons. The molecule has 20 heavy (non-hydrogen) atoms. The number of benzene rings is 1. The fraction of sp³-hybridized carbons (Fsp3) is 0.429. The van der Waals surface area contributed by atoms with E-state index >= 15 is 0 Å². The van der Waals surface area contributed by atoms with Crippen LogP contribution in [0.4, 0.5) is 0 Å². The summed E-state index contributed by atoms with van der Waals surface area (Å²) in [5.74, 6) is -0.249. The molecule has 108 valence electrons. The molecule has 2 amide bonds. The molecule has 1 aromatic rings. The summed E-state index contributed by atoms with van der Waals surface area (Å²) in [6.45, 7) is 4.57. The fourth-order valence-corrected chi connectivity index (χ4v) is 2.96. The second-order valence-electron chi connectivity index (χ2n) is 5.37. The number of hydrogen-bond acceptors (Lipinski definition) is 2. The summed E-state index contributed by atoms with van der Waals surface area (Å²) in [4.78, 5) is 28.2. The Morgan fingerprint density at radius 1 is 1.35 bits per heavy atom. The van der Waals surface area contributed by atoms with E-state index in [9.17, 15) is 9.59 Å². The van der Waals surface area contributed by atoms with E-state index in [4.69, 9.17) is 11.6 Å². The Balaban J connectivity index is 2.38. The lowest BCUT2D eigenvalue weighted by atomic mass is 9.96. The molecule has 6 heteroatoms. The zero-order valence-corrected chi connectivity index (χ0v) is 14.0. The Bertz CT molecular complexity index is 574. The van der Waals surface area contributed by atoms with Crippen LogP contribution in [-0.4, -0.2) is 47.3 Å². The van der Waals surface area contributed by atoms with Gasteiger partial charge in [0.1, 0.15) is 5.54 Å². The number of carbonyl (C=O) groups is 2. The predicted molar refractivity (Wildman–Crippen MR) is 81.9 cm³/mol. The van der Waals surface area contributed by atoms with Gasteiger partial charge in [0.2, 0.25) is 5.91 Å². The SMILES string of the molecule is CN1CCN(C(=O)c2cc(Cl)ccc2Br)C(C)(C)C1=O. The molecule has 4 nitrogen and oxygen atoms in total. The highest BCUT2D eigenvalue weighted by atomic mass is 79.9. The van der Waals surface area contributed by atoms with Gasteiger partial charge in [0.15, 0.2) is 0 Å². The van der Waals surface area contributed by atoms with Gasteiger partial charge in [-0.1, -0.05) is 11.6 Å². The lowest BCUT2D eigenvalue weighted by molar-refractivity contribution is -0.144. The molecule has 1 heterocycles. The predicted octanol–water partition coefficient (Wildman–Crippen LogP) is 2.80. The van der Waals surface area contributed by atoms with Crippen molar-refractivity contribution in [3.05, 3.63) is 33.3 Å². The third-order valence-corrected chi connectivity index (χ3v) is 4.53. The Morgan fingerprint density at radius 2 is 2.00 bits per heavy atom. The summed E-state index contributed by atoms with van der Waals surface area (Å²) in [5, 5.41) is 0.495. The van der Waals surface area contributed by atoms with Gasteiger partial charge in [-0.05, 0) is 48.0 Å². The molecule has 0 unspecified atom stereocenters. The summed E-state index contributed by atoms with van der Waals surface area (Å²) in [6, 6.07) is 5.07. The first kappa shape index (κ1) is 15.3. The minimum absolute atomic E-state index is 0.0600. The average Bonchev–Trinajstić information content (AvgIpc) is 2.38. The van der Waals surface area contributed by atoms with Crippen LogP contribution in [0.5, 0.6) is 0 Å². The maximum atomic E-state index is 12.7. The van der Waals surface area contributed by atoms with Gasteiger partial charge in [0.05, 0.1) is 5.56 Å². The maximum absolute atomic E-state index is 12.7. The highest BCUT2D eigenvalue weighted by Gasteiger charge is 2.43. The molecule has 0 N–H and O–H groups in total. The highest BCUT2D eigenvalue weighted by Crippen LogP contribution is 2.28. The van der Waals surface area contributed by atoms with E-state index in [1.54, 1.807) is 48.9 Å². The van der Waals surface area contributed by atoms with Crippen LogP contribution in [0.1, 0.15) is 24.2 Å². The van der Waals surface area contributed by atoms with Gasteiger partial charge in [0.25, 0.3) is 5.91 Å². The lowest BCUT2D eigenvalue weighted by Gasteiger charge is -2.44. The molecule has 0 atom stereocenters. The summed E-state index contributed by atoms with van der Waals surface area (Å²) >= 11 is 9.32. The van der Waals surface area contributed by atoms with Gasteiger partial charge in [-0.25, -0.2) is 0 Å². The monoisotopic (exact) mass is 358 g/mol. The zero-order valence-electron chi connectivity index (χ0n) is 11.6. The zero-order chi connectivity index (χ0) is 15.1. The standard InChI is InChI=1S/C14H16BrClN2O2/c1-14(2)13(20)17(3)6-7-18(14)12(19)10-8-9(16)4-5-11(10)15/h4-5,8H,6-7H2,1-3H3. The minimum atomic E-state index is -0.855. The third kappa shape index (κ3) is 2.56. The van der Waals surface area contributed by atoms with E-state index in [0.717, 1.165) is 0 Å². The smallest absolute Gasteiger partial charge is 0.255 e. The van der Waals surface area contributed by atoms with Crippen LogP contribution in [0.3, 0.4) is 0 Å². The number of hydrogen-bond donors (Lipinski definition) is 0. The third-order valence-electron chi connectivity index (χ3n) is 3.61. The van der Waals surface area contributed by atoms with Crippen molar-refractivity contribution in [2.45, 2.75) is 19.4 Å². The van der Waals surface area contributed by atoms with Crippen LogP contribution in [0.25, 0.3) is 0 Å². The molecule has 0 aliphatic carbocycles. The molecule has 1 fully saturated rings. The molecule has 1 saturated heterocycles. The quantitative estimate of drug-likeness (QED) is 0.773. The van der Waals surface area contributed by atoms with E-state index in [0.29, 0.717) is 28.1 Å². The van der Waals surface area contributed by atoms with Gasteiger partial charge in [-0.15, -0.1) is 0 Å². The molecule has 1 aliphatic rings. The molecule has 1 aromatic carbocycles. The fourth-order valence-electron chi connectivity index (χ4n) is 2.38. The largest absolute Gasteiger partial charge is 0.342 e. The van der Waals surface area contributed by atoms with Crippen molar-refractivity contribution in [1.82, 2.24) is 9.80 Å². The van der Waals surface area contributed by atoms with Crippen LogP contribution >= 0.6 is 27.5 Å². The molecular formula is C14H16BrClN2O2. The first-order valence-electron chi connectivity index (χ1n) is 6.27. The Labute approximate surface area is 131 Å². The summed E-state index contributed by atoms with van der Waals surface area (Å²) < 4.78 is 0.675. The summed E-state index contributed by atoms with van der Waals surface area (Å²) in [7, 11) is 1.75. The van der Waals surface area contributed by atoms with Gasteiger partial charge in [0, 0.05) is 29.6 Å². The maximum Gasteiger partial charge on any atom is 0.255 e. The number of carbonyl (C=O) groups excluding carboxylic acids is 2. The van der Waals surface area contributed by atoms with Gasteiger partial charge in [-0.3, -0.25) is 9.59 Å². The molecule has 0 spiro atoms. The van der Waals surface area contributed by atoms with Crippen molar-refractivity contribution >= 4 is 39.3 Å². The number of halogens is 2. The van der Waals surface area contributed by atoms with Gasteiger partial charge in [-0.2, -0.15) is 0 Å². The van der Waals surface area contributed by atoms with Crippen molar-refractivity contribution < 1.29 is 9.59 Å². The molecule has 0 bridgehead atoms.